The Morgan fingerprint density at radius 3 is 2.55 bits per heavy atom. The second kappa shape index (κ2) is 11.2. The summed E-state index contributed by atoms with van der Waals surface area (Å²) in [5.41, 5.74) is 5.83. The number of Topliss-reactive ketones (excluding diaryl/α,β-unsaturated/α-hetero) is 1. The van der Waals surface area contributed by atoms with E-state index in [1.165, 1.54) is 37.8 Å². The Labute approximate surface area is 247 Å². The fourth-order valence-electron chi connectivity index (χ4n) is 6.86. The van der Waals surface area contributed by atoms with Crippen molar-refractivity contribution in [3.05, 3.63) is 65.9 Å². The highest BCUT2D eigenvalue weighted by molar-refractivity contribution is 5.98. The number of likely N-dealkylation sites (tertiary alicyclic amines) is 2. The molecule has 218 valence electrons. The number of anilines is 1. The van der Waals surface area contributed by atoms with E-state index >= 15 is 0 Å². The van der Waals surface area contributed by atoms with Crippen molar-refractivity contribution in [1.29, 1.82) is 0 Å². The summed E-state index contributed by atoms with van der Waals surface area (Å²) in [7, 11) is 4.21. The standard InChI is InChI=1S/C33H40N8O/c1-38-14-9-33(10-15-38)22-41(23-33)32-16-24(8-11-34-32)31(42)18-26-17-29-25(19-35-26)6-7-28(37-29)27-20-36-39(2)30(27)21-40-12-4-3-5-13-40/h6-8,11,16-17,19-20H,3-5,9-10,12-15,18,21-23H2,1-2H3. The van der Waals surface area contributed by atoms with Crippen LogP contribution in [-0.2, 0) is 20.0 Å². The fraction of sp³-hybridized carbons (Fsp3) is 0.485. The number of pyridine rings is 3. The van der Waals surface area contributed by atoms with Crippen molar-refractivity contribution in [2.24, 2.45) is 12.5 Å². The number of aromatic nitrogens is 5. The summed E-state index contributed by atoms with van der Waals surface area (Å²) in [6, 6.07) is 9.84. The first-order chi connectivity index (χ1) is 20.4. The molecule has 3 aliphatic heterocycles. The van der Waals surface area contributed by atoms with Crippen molar-refractivity contribution in [3.8, 4) is 11.3 Å². The lowest BCUT2D eigenvalue weighted by Gasteiger charge is -2.54. The molecule has 9 nitrogen and oxygen atoms in total. The number of hydrogen-bond acceptors (Lipinski definition) is 8. The molecule has 7 heterocycles. The number of nitrogens with zero attached hydrogens (tertiary/aromatic N) is 8. The largest absolute Gasteiger partial charge is 0.355 e. The molecule has 3 aliphatic rings. The minimum absolute atomic E-state index is 0.0484. The fourth-order valence-corrected chi connectivity index (χ4v) is 6.86. The minimum Gasteiger partial charge on any atom is -0.355 e. The number of ketones is 1. The number of carbonyl (C=O) groups excluding carboxylic acids is 1. The molecule has 0 bridgehead atoms. The molecule has 7 rings (SSSR count). The van der Waals surface area contributed by atoms with Gasteiger partial charge >= 0.3 is 0 Å². The highest BCUT2D eigenvalue weighted by Gasteiger charge is 2.44. The van der Waals surface area contributed by atoms with Crippen molar-refractivity contribution < 1.29 is 4.79 Å². The first-order valence-corrected chi connectivity index (χ1v) is 15.4. The zero-order valence-electron chi connectivity index (χ0n) is 24.8. The summed E-state index contributed by atoms with van der Waals surface area (Å²) in [5, 5.41) is 5.53. The molecule has 0 aliphatic carbocycles. The minimum atomic E-state index is 0.0484. The molecular formula is C33H40N8O. The molecule has 4 aromatic rings. The molecule has 0 atom stereocenters. The molecule has 0 unspecified atom stereocenters. The zero-order chi connectivity index (χ0) is 28.7. The molecule has 0 N–H and O–H groups in total. The zero-order valence-corrected chi connectivity index (χ0v) is 24.8. The van der Waals surface area contributed by atoms with Gasteiger partial charge in [0.2, 0.25) is 0 Å². The number of piperidine rings is 2. The molecule has 3 saturated heterocycles. The third-order valence-electron chi connectivity index (χ3n) is 9.62. The van der Waals surface area contributed by atoms with Crippen LogP contribution in [0.3, 0.4) is 0 Å². The summed E-state index contributed by atoms with van der Waals surface area (Å²) in [5.74, 6) is 0.951. The highest BCUT2D eigenvalue weighted by Crippen LogP contribution is 2.42. The van der Waals surface area contributed by atoms with Crippen LogP contribution in [0.2, 0.25) is 0 Å². The predicted octanol–water partition coefficient (Wildman–Crippen LogP) is 4.37. The Hall–Kier alpha value is -3.69. The third-order valence-corrected chi connectivity index (χ3v) is 9.62. The normalized spacial score (nSPS) is 19.3. The second-order valence-electron chi connectivity index (χ2n) is 12.7. The van der Waals surface area contributed by atoms with Gasteiger partial charge in [-0.15, -0.1) is 0 Å². The molecule has 9 heteroatoms. The molecule has 1 spiro atoms. The predicted molar refractivity (Wildman–Crippen MR) is 165 cm³/mol. The Balaban J connectivity index is 1.06. The molecular weight excluding hydrogens is 524 g/mol. The van der Waals surface area contributed by atoms with Gasteiger partial charge in [0.05, 0.1) is 35.2 Å². The van der Waals surface area contributed by atoms with Gasteiger partial charge in [-0.25, -0.2) is 9.97 Å². The van der Waals surface area contributed by atoms with Crippen molar-refractivity contribution in [3.63, 3.8) is 0 Å². The van der Waals surface area contributed by atoms with E-state index in [-0.39, 0.29) is 12.2 Å². The lowest BCUT2D eigenvalue weighted by Crippen LogP contribution is -2.60. The van der Waals surface area contributed by atoms with Gasteiger partial charge in [0.25, 0.3) is 0 Å². The molecule has 0 radical (unpaired) electrons. The summed E-state index contributed by atoms with van der Waals surface area (Å²) >= 11 is 0. The maximum absolute atomic E-state index is 13.4. The van der Waals surface area contributed by atoms with Crippen LogP contribution in [0.1, 0.15) is 53.8 Å². The average Bonchev–Trinajstić information content (AvgIpc) is 3.36. The van der Waals surface area contributed by atoms with Gasteiger partial charge in [-0.2, -0.15) is 5.10 Å². The van der Waals surface area contributed by atoms with E-state index in [1.54, 1.807) is 6.20 Å². The lowest BCUT2D eigenvalue weighted by atomic mass is 9.72. The number of aryl methyl sites for hydroxylation is 1. The number of carbonyl (C=O) groups is 1. The number of fused-ring (bicyclic) bond motifs is 1. The lowest BCUT2D eigenvalue weighted by molar-refractivity contribution is 0.0900. The van der Waals surface area contributed by atoms with E-state index in [1.807, 2.05) is 42.3 Å². The Kier molecular flexibility index (Phi) is 7.23. The van der Waals surface area contributed by atoms with Crippen molar-refractivity contribution >= 4 is 22.5 Å². The first kappa shape index (κ1) is 27.2. The number of rotatable bonds is 7. The van der Waals surface area contributed by atoms with E-state index in [4.69, 9.17) is 4.98 Å². The van der Waals surface area contributed by atoms with Crippen LogP contribution in [0, 0.1) is 5.41 Å². The topological polar surface area (TPSA) is 83.3 Å². The van der Waals surface area contributed by atoms with Gasteiger partial charge in [0, 0.05) is 61.0 Å². The Morgan fingerprint density at radius 2 is 1.74 bits per heavy atom. The van der Waals surface area contributed by atoms with Crippen LogP contribution in [0.15, 0.2) is 48.9 Å². The van der Waals surface area contributed by atoms with Crippen LogP contribution in [0.5, 0.6) is 0 Å². The summed E-state index contributed by atoms with van der Waals surface area (Å²) < 4.78 is 1.98. The van der Waals surface area contributed by atoms with Crippen LogP contribution in [0.25, 0.3) is 22.2 Å². The monoisotopic (exact) mass is 564 g/mol. The molecule has 0 saturated carbocycles. The van der Waals surface area contributed by atoms with Gasteiger partial charge in [0.1, 0.15) is 5.82 Å². The van der Waals surface area contributed by atoms with Crippen LogP contribution >= 0.6 is 0 Å². The van der Waals surface area contributed by atoms with Gasteiger partial charge < -0.3 is 9.80 Å². The van der Waals surface area contributed by atoms with Gasteiger partial charge in [0.15, 0.2) is 5.78 Å². The second-order valence-corrected chi connectivity index (χ2v) is 12.7. The van der Waals surface area contributed by atoms with E-state index in [9.17, 15) is 4.79 Å². The average molecular weight is 565 g/mol. The number of hydrogen-bond donors (Lipinski definition) is 0. The van der Waals surface area contributed by atoms with Gasteiger partial charge in [-0.3, -0.25) is 19.4 Å². The van der Waals surface area contributed by atoms with E-state index in [0.29, 0.717) is 11.0 Å². The maximum atomic E-state index is 13.4. The Bertz CT molecular complexity index is 1590. The van der Waals surface area contributed by atoms with Crippen LogP contribution in [-0.4, -0.2) is 86.6 Å². The highest BCUT2D eigenvalue weighted by atomic mass is 16.1. The third kappa shape index (κ3) is 5.43. The molecule has 0 aromatic carbocycles. The van der Waals surface area contributed by atoms with Gasteiger partial charge in [-0.1, -0.05) is 6.42 Å². The van der Waals surface area contributed by atoms with E-state index in [2.05, 4.69) is 48.9 Å². The SMILES string of the molecule is CN1CCC2(CC1)CN(c1cc(C(=O)Cc3cc4nc(-c5cnn(C)c5CN5CCCCC5)ccc4cn3)ccn1)C2. The van der Waals surface area contributed by atoms with Crippen molar-refractivity contribution in [2.75, 3.05) is 51.2 Å². The summed E-state index contributed by atoms with van der Waals surface area (Å²) in [6.45, 7) is 7.53. The summed E-state index contributed by atoms with van der Waals surface area (Å²) in [6.07, 6.45) is 12.1. The summed E-state index contributed by atoms with van der Waals surface area (Å²) in [4.78, 5) is 34.8. The Morgan fingerprint density at radius 1 is 0.929 bits per heavy atom. The quantitative estimate of drug-likeness (QED) is 0.306. The smallest absolute Gasteiger partial charge is 0.169 e. The molecule has 42 heavy (non-hydrogen) atoms. The van der Waals surface area contributed by atoms with Crippen molar-refractivity contribution in [1.82, 2.24) is 34.5 Å². The van der Waals surface area contributed by atoms with E-state index < -0.39 is 0 Å². The molecule has 3 fully saturated rings. The van der Waals surface area contributed by atoms with E-state index in [0.717, 1.165) is 79.5 Å². The molecule has 0 amide bonds. The first-order valence-electron chi connectivity index (χ1n) is 15.4. The maximum Gasteiger partial charge on any atom is 0.169 e. The molecule has 4 aromatic heterocycles. The van der Waals surface area contributed by atoms with Gasteiger partial charge in [-0.05, 0) is 89.2 Å². The van der Waals surface area contributed by atoms with Crippen LogP contribution in [0.4, 0.5) is 5.82 Å². The van der Waals surface area contributed by atoms with Crippen LogP contribution < -0.4 is 4.90 Å². The van der Waals surface area contributed by atoms with Crippen molar-refractivity contribution in [2.45, 2.75) is 45.1 Å².